The van der Waals surface area contributed by atoms with Gasteiger partial charge in [-0.1, -0.05) is 12.1 Å². The van der Waals surface area contributed by atoms with Crippen LogP contribution < -0.4 is 5.32 Å². The molecule has 2 rings (SSSR count). The summed E-state index contributed by atoms with van der Waals surface area (Å²) < 4.78 is 31.3. The quantitative estimate of drug-likeness (QED) is 0.717. The van der Waals surface area contributed by atoms with E-state index in [-0.39, 0.29) is 18.0 Å². The molecule has 1 amide bonds. The van der Waals surface area contributed by atoms with Crippen LogP contribution in [0.2, 0.25) is 0 Å². The lowest BCUT2D eigenvalue weighted by Gasteiger charge is -2.17. The number of nitrogens with zero attached hydrogens (tertiary/aromatic N) is 1. The summed E-state index contributed by atoms with van der Waals surface area (Å²) in [6, 6.07) is 11.1. The molecule has 2 aromatic rings. The van der Waals surface area contributed by atoms with Gasteiger partial charge < -0.3 is 10.1 Å². The Balaban J connectivity index is 2.09. The van der Waals surface area contributed by atoms with Crippen LogP contribution in [0.3, 0.4) is 0 Å². The van der Waals surface area contributed by atoms with Gasteiger partial charge in [-0.25, -0.2) is 13.2 Å². The highest BCUT2D eigenvalue weighted by atomic mass is 32.2. The maximum Gasteiger partial charge on any atom is 0.338 e. The van der Waals surface area contributed by atoms with E-state index in [4.69, 9.17) is 4.74 Å². The summed E-state index contributed by atoms with van der Waals surface area (Å²) in [5.41, 5.74) is 2.53. The number of sulfonamides is 1. The number of likely N-dealkylation sites (N-methyl/N-ethyl adjacent to an activating group) is 1. The van der Waals surface area contributed by atoms with Crippen molar-refractivity contribution < 1.29 is 22.7 Å². The normalized spacial score (nSPS) is 11.3. The van der Waals surface area contributed by atoms with E-state index in [1.54, 1.807) is 37.3 Å². The van der Waals surface area contributed by atoms with Crippen molar-refractivity contribution in [3.63, 3.8) is 0 Å². The lowest BCUT2D eigenvalue weighted by Crippen LogP contribution is -2.35. The number of hydrogen-bond acceptors (Lipinski definition) is 5. The molecule has 150 valence electrons. The maximum atomic E-state index is 12.7. The van der Waals surface area contributed by atoms with Gasteiger partial charge >= 0.3 is 5.97 Å². The monoisotopic (exact) mass is 404 g/mol. The molecule has 0 aromatic heterocycles. The number of rotatable bonds is 7. The van der Waals surface area contributed by atoms with Gasteiger partial charge in [-0.3, -0.25) is 4.79 Å². The third-order valence-electron chi connectivity index (χ3n) is 4.21. The van der Waals surface area contributed by atoms with Crippen molar-refractivity contribution >= 4 is 27.6 Å². The van der Waals surface area contributed by atoms with Gasteiger partial charge in [0.05, 0.1) is 23.6 Å². The summed E-state index contributed by atoms with van der Waals surface area (Å²) in [6.07, 6.45) is 0. The van der Waals surface area contributed by atoms with Gasteiger partial charge in [-0.05, 0) is 62.2 Å². The van der Waals surface area contributed by atoms with E-state index in [1.807, 2.05) is 13.8 Å². The minimum absolute atomic E-state index is 0.134. The van der Waals surface area contributed by atoms with Crippen LogP contribution in [0.4, 0.5) is 5.69 Å². The average Bonchev–Trinajstić information content (AvgIpc) is 2.64. The summed E-state index contributed by atoms with van der Waals surface area (Å²) in [4.78, 5) is 24.2. The van der Waals surface area contributed by atoms with E-state index in [1.165, 1.54) is 19.2 Å². The molecule has 0 unspecified atom stereocenters. The molecule has 0 atom stereocenters. The van der Waals surface area contributed by atoms with Crippen LogP contribution in [0.5, 0.6) is 0 Å². The van der Waals surface area contributed by atoms with Crippen LogP contribution in [0, 0.1) is 13.8 Å². The molecule has 0 aliphatic rings. The van der Waals surface area contributed by atoms with Gasteiger partial charge in [0.2, 0.25) is 15.9 Å². The van der Waals surface area contributed by atoms with Crippen molar-refractivity contribution in [3.05, 3.63) is 59.2 Å². The van der Waals surface area contributed by atoms with Gasteiger partial charge in [-0.2, -0.15) is 4.31 Å². The smallest absolute Gasteiger partial charge is 0.338 e. The van der Waals surface area contributed by atoms with Crippen LogP contribution in [0.25, 0.3) is 0 Å². The fraction of sp³-hybridized carbons (Fsp3) is 0.300. The average molecular weight is 404 g/mol. The summed E-state index contributed by atoms with van der Waals surface area (Å²) >= 11 is 0. The molecule has 7 nitrogen and oxygen atoms in total. The van der Waals surface area contributed by atoms with E-state index in [0.29, 0.717) is 11.3 Å². The second-order valence-corrected chi connectivity index (χ2v) is 8.40. The summed E-state index contributed by atoms with van der Waals surface area (Å²) in [7, 11) is -2.45. The van der Waals surface area contributed by atoms with Gasteiger partial charge in [0.25, 0.3) is 0 Å². The molecule has 0 saturated heterocycles. The lowest BCUT2D eigenvalue weighted by molar-refractivity contribution is -0.116. The predicted octanol–water partition coefficient (Wildman–Crippen LogP) is 2.74. The molecule has 8 heteroatoms. The number of ether oxygens (including phenoxy) is 1. The van der Waals surface area contributed by atoms with E-state index in [9.17, 15) is 18.0 Å². The highest BCUT2D eigenvalue weighted by Gasteiger charge is 2.23. The zero-order chi connectivity index (χ0) is 20.9. The number of benzene rings is 2. The Morgan fingerprint density at radius 1 is 1.07 bits per heavy atom. The topological polar surface area (TPSA) is 92.8 Å². The third kappa shape index (κ3) is 5.17. The Labute approximate surface area is 165 Å². The first kappa shape index (κ1) is 21.6. The number of hydrogen-bond donors (Lipinski definition) is 1. The minimum Gasteiger partial charge on any atom is -0.462 e. The number of carbonyl (C=O) groups is 2. The zero-order valence-corrected chi connectivity index (χ0v) is 17.2. The number of amides is 1. The standard InChI is InChI=1S/C20H24N2O5S/c1-5-27-20(24)16-7-6-8-17(12-16)21-19(23)13-22(4)28(25,26)18-10-9-14(2)15(3)11-18/h6-12H,5,13H2,1-4H3,(H,21,23). The first-order valence-electron chi connectivity index (χ1n) is 8.75. The van der Waals surface area contributed by atoms with Crippen molar-refractivity contribution in [1.29, 1.82) is 0 Å². The summed E-state index contributed by atoms with van der Waals surface area (Å²) in [5, 5.41) is 2.60. The SMILES string of the molecule is CCOC(=O)c1cccc(NC(=O)CN(C)S(=O)(=O)c2ccc(C)c(C)c2)c1. The molecule has 1 N–H and O–H groups in total. The molecule has 0 radical (unpaired) electrons. The number of anilines is 1. The molecule has 28 heavy (non-hydrogen) atoms. The Morgan fingerprint density at radius 2 is 1.79 bits per heavy atom. The fourth-order valence-corrected chi connectivity index (χ4v) is 3.69. The largest absolute Gasteiger partial charge is 0.462 e. The molecular formula is C20H24N2O5S. The van der Waals surface area contributed by atoms with Gasteiger partial charge in [0.1, 0.15) is 0 Å². The van der Waals surface area contributed by atoms with Crippen LogP contribution in [0.15, 0.2) is 47.4 Å². The van der Waals surface area contributed by atoms with Crippen molar-refractivity contribution in [3.8, 4) is 0 Å². The molecule has 0 aliphatic heterocycles. The Bertz CT molecular complexity index is 986. The lowest BCUT2D eigenvalue weighted by atomic mass is 10.1. The molecule has 0 aliphatic carbocycles. The van der Waals surface area contributed by atoms with Gasteiger partial charge in [-0.15, -0.1) is 0 Å². The zero-order valence-electron chi connectivity index (χ0n) is 16.4. The van der Waals surface area contributed by atoms with Crippen LogP contribution in [-0.4, -0.2) is 44.8 Å². The molecule has 0 fully saturated rings. The van der Waals surface area contributed by atoms with E-state index in [2.05, 4.69) is 5.32 Å². The maximum absolute atomic E-state index is 12.7. The van der Waals surface area contributed by atoms with Crippen molar-refractivity contribution in [1.82, 2.24) is 4.31 Å². The van der Waals surface area contributed by atoms with Crippen LogP contribution in [0.1, 0.15) is 28.4 Å². The Hall–Kier alpha value is -2.71. The van der Waals surface area contributed by atoms with Gasteiger partial charge in [0.15, 0.2) is 0 Å². The highest BCUT2D eigenvalue weighted by molar-refractivity contribution is 7.89. The third-order valence-corrected chi connectivity index (χ3v) is 6.01. The fourth-order valence-electron chi connectivity index (χ4n) is 2.48. The molecular weight excluding hydrogens is 380 g/mol. The molecule has 0 spiro atoms. The van der Waals surface area contributed by atoms with Crippen molar-refractivity contribution in [2.75, 3.05) is 25.5 Å². The molecule has 2 aromatic carbocycles. The summed E-state index contributed by atoms with van der Waals surface area (Å²) in [6.45, 7) is 5.32. The molecule has 0 saturated carbocycles. The second-order valence-electron chi connectivity index (χ2n) is 6.36. The number of esters is 1. The van der Waals surface area contributed by atoms with E-state index >= 15 is 0 Å². The summed E-state index contributed by atoms with van der Waals surface area (Å²) in [5.74, 6) is -1.01. The van der Waals surface area contributed by atoms with E-state index in [0.717, 1.165) is 15.4 Å². The number of nitrogens with one attached hydrogen (secondary N) is 1. The predicted molar refractivity (Wildman–Crippen MR) is 107 cm³/mol. The number of aryl methyl sites for hydroxylation is 2. The Morgan fingerprint density at radius 3 is 2.43 bits per heavy atom. The molecule has 0 heterocycles. The first-order valence-corrected chi connectivity index (χ1v) is 10.2. The highest BCUT2D eigenvalue weighted by Crippen LogP contribution is 2.18. The van der Waals surface area contributed by atoms with Crippen LogP contribution >= 0.6 is 0 Å². The minimum atomic E-state index is -3.80. The van der Waals surface area contributed by atoms with E-state index < -0.39 is 21.9 Å². The van der Waals surface area contributed by atoms with Crippen molar-refractivity contribution in [2.24, 2.45) is 0 Å². The Kier molecular flexibility index (Phi) is 6.93. The number of carbonyl (C=O) groups excluding carboxylic acids is 2. The van der Waals surface area contributed by atoms with Crippen LogP contribution in [-0.2, 0) is 19.6 Å². The second kappa shape index (κ2) is 8.99. The molecule has 0 bridgehead atoms. The first-order chi connectivity index (χ1) is 13.1. The van der Waals surface area contributed by atoms with Gasteiger partial charge in [0, 0.05) is 12.7 Å². The van der Waals surface area contributed by atoms with Crippen molar-refractivity contribution in [2.45, 2.75) is 25.7 Å².